The fourth-order valence-electron chi connectivity index (χ4n) is 1.66. The lowest BCUT2D eigenvalue weighted by Crippen LogP contribution is -2.01. The molecule has 0 aliphatic rings. The van der Waals surface area contributed by atoms with Gasteiger partial charge in [-0.3, -0.25) is 10.1 Å². The summed E-state index contributed by atoms with van der Waals surface area (Å²) in [6.45, 7) is 0.258. The number of anilines is 1. The Kier molecular flexibility index (Phi) is 4.19. The summed E-state index contributed by atoms with van der Waals surface area (Å²) >= 11 is 3.20. The molecule has 0 bridgehead atoms. The molecule has 2 aromatic carbocycles. The first-order valence-electron chi connectivity index (χ1n) is 5.63. The highest BCUT2D eigenvalue weighted by Crippen LogP contribution is 2.28. The number of halogens is 2. The number of nitrogens with zero attached hydrogens (tertiary/aromatic N) is 1. The Labute approximate surface area is 122 Å². The minimum atomic E-state index is -0.883. The van der Waals surface area contributed by atoms with Crippen molar-refractivity contribution in [2.45, 2.75) is 6.54 Å². The molecule has 2 aromatic rings. The van der Waals surface area contributed by atoms with Gasteiger partial charge in [0.2, 0.25) is 5.82 Å². The molecule has 2 N–H and O–H groups in total. The largest absolute Gasteiger partial charge is 0.506 e. The minimum absolute atomic E-state index is 0.0941. The molecule has 0 radical (unpaired) electrons. The Morgan fingerprint density at radius 3 is 2.80 bits per heavy atom. The number of para-hydroxylation sites is 1. The quantitative estimate of drug-likeness (QED) is 0.655. The summed E-state index contributed by atoms with van der Waals surface area (Å²) in [6, 6.07) is 8.71. The maximum atomic E-state index is 13.2. The first-order valence-corrected chi connectivity index (χ1v) is 6.42. The predicted octanol–water partition coefficient (Wildman–Crippen LogP) is 3.81. The molecule has 0 heterocycles. The molecule has 104 valence electrons. The molecule has 0 amide bonds. The highest BCUT2D eigenvalue weighted by Gasteiger charge is 2.14. The summed E-state index contributed by atoms with van der Waals surface area (Å²) in [5, 5.41) is 23.3. The second-order valence-electron chi connectivity index (χ2n) is 4.02. The molecule has 20 heavy (non-hydrogen) atoms. The number of aromatic hydroxyl groups is 1. The third kappa shape index (κ3) is 3.05. The van der Waals surface area contributed by atoms with Gasteiger partial charge in [0.1, 0.15) is 5.75 Å². The van der Waals surface area contributed by atoms with E-state index in [1.54, 1.807) is 18.2 Å². The van der Waals surface area contributed by atoms with Crippen molar-refractivity contribution in [2.75, 3.05) is 5.32 Å². The van der Waals surface area contributed by atoms with Crippen molar-refractivity contribution in [3.8, 4) is 5.75 Å². The minimum Gasteiger partial charge on any atom is -0.506 e. The fraction of sp³-hybridized carbons (Fsp3) is 0.0769. The number of rotatable bonds is 4. The van der Waals surface area contributed by atoms with E-state index >= 15 is 0 Å². The van der Waals surface area contributed by atoms with Gasteiger partial charge >= 0.3 is 5.69 Å². The zero-order valence-corrected chi connectivity index (χ0v) is 11.7. The number of nitro groups is 1. The summed E-state index contributed by atoms with van der Waals surface area (Å²) in [6.07, 6.45) is 0. The Hall–Kier alpha value is -2.15. The van der Waals surface area contributed by atoms with Crippen LogP contribution in [0, 0.1) is 15.9 Å². The van der Waals surface area contributed by atoms with Crippen LogP contribution in [0.3, 0.4) is 0 Å². The molecule has 0 saturated carbocycles. The van der Waals surface area contributed by atoms with E-state index in [2.05, 4.69) is 21.2 Å². The molecule has 5 nitrogen and oxygen atoms in total. The number of hydrogen-bond donors (Lipinski definition) is 2. The van der Waals surface area contributed by atoms with E-state index in [4.69, 9.17) is 0 Å². The van der Waals surface area contributed by atoms with Crippen molar-refractivity contribution in [1.29, 1.82) is 0 Å². The van der Waals surface area contributed by atoms with Crippen LogP contribution in [0.25, 0.3) is 0 Å². The van der Waals surface area contributed by atoms with Crippen LogP contribution in [0.1, 0.15) is 5.56 Å². The molecule has 0 aromatic heterocycles. The summed E-state index contributed by atoms with van der Waals surface area (Å²) in [7, 11) is 0. The first kappa shape index (κ1) is 14.3. The van der Waals surface area contributed by atoms with Crippen molar-refractivity contribution in [3.63, 3.8) is 0 Å². The Balaban J connectivity index is 2.17. The molecular formula is C13H10BrFN2O3. The van der Waals surface area contributed by atoms with Gasteiger partial charge < -0.3 is 10.4 Å². The Bertz CT molecular complexity index is 664. The topological polar surface area (TPSA) is 75.4 Å². The number of hydrogen-bond acceptors (Lipinski definition) is 4. The fourth-order valence-corrected chi connectivity index (χ4v) is 2.07. The molecule has 0 aliphatic heterocycles. The molecular weight excluding hydrogens is 331 g/mol. The van der Waals surface area contributed by atoms with Crippen LogP contribution in [-0.4, -0.2) is 10.0 Å². The van der Waals surface area contributed by atoms with Crippen molar-refractivity contribution in [1.82, 2.24) is 0 Å². The smallest absolute Gasteiger partial charge is 0.306 e. The second-order valence-corrected chi connectivity index (χ2v) is 4.88. The number of nitro benzene ring substituents is 1. The van der Waals surface area contributed by atoms with E-state index in [1.165, 1.54) is 6.07 Å². The molecule has 0 spiro atoms. The van der Waals surface area contributed by atoms with E-state index in [0.717, 1.165) is 12.1 Å². The van der Waals surface area contributed by atoms with Gasteiger partial charge in [-0.25, -0.2) is 0 Å². The molecule has 0 saturated heterocycles. The van der Waals surface area contributed by atoms with E-state index in [9.17, 15) is 19.6 Å². The number of phenols is 1. The third-order valence-corrected chi connectivity index (χ3v) is 3.34. The number of phenolic OH excluding ortho intramolecular Hbond substituents is 1. The second kappa shape index (κ2) is 5.87. The van der Waals surface area contributed by atoms with Crippen molar-refractivity contribution in [2.24, 2.45) is 0 Å². The molecule has 0 atom stereocenters. The SMILES string of the molecule is O=[N+]([O-])c1cc(NCc2cccc(Br)c2O)ccc1F. The van der Waals surface area contributed by atoms with Gasteiger partial charge in [-0.15, -0.1) is 0 Å². The molecule has 0 fully saturated rings. The highest BCUT2D eigenvalue weighted by atomic mass is 79.9. The summed E-state index contributed by atoms with van der Waals surface area (Å²) < 4.78 is 13.7. The molecule has 0 unspecified atom stereocenters. The van der Waals surface area contributed by atoms with Crippen LogP contribution in [0.5, 0.6) is 5.75 Å². The standard InChI is InChI=1S/C13H10BrFN2O3/c14-10-3-1-2-8(13(10)18)7-16-9-4-5-11(15)12(6-9)17(19)20/h1-6,16,18H,7H2. The third-order valence-electron chi connectivity index (χ3n) is 2.70. The predicted molar refractivity (Wildman–Crippen MR) is 76.2 cm³/mol. The van der Waals surface area contributed by atoms with Crippen molar-refractivity contribution in [3.05, 3.63) is 62.4 Å². The van der Waals surface area contributed by atoms with E-state index in [1.807, 2.05) is 0 Å². The van der Waals surface area contributed by atoms with Gasteiger partial charge in [-0.2, -0.15) is 4.39 Å². The molecule has 2 rings (SSSR count). The summed E-state index contributed by atoms with van der Waals surface area (Å²) in [5.41, 5.74) is 0.428. The Morgan fingerprint density at radius 2 is 2.10 bits per heavy atom. The van der Waals surface area contributed by atoms with Gasteiger partial charge in [0.15, 0.2) is 0 Å². The van der Waals surface area contributed by atoms with E-state index < -0.39 is 16.4 Å². The van der Waals surface area contributed by atoms with Gasteiger partial charge in [-0.05, 0) is 34.1 Å². The van der Waals surface area contributed by atoms with Crippen LogP contribution < -0.4 is 5.32 Å². The van der Waals surface area contributed by atoms with Crippen LogP contribution in [0.15, 0.2) is 40.9 Å². The lowest BCUT2D eigenvalue weighted by atomic mass is 10.2. The van der Waals surface area contributed by atoms with Crippen LogP contribution in [0.4, 0.5) is 15.8 Å². The highest BCUT2D eigenvalue weighted by molar-refractivity contribution is 9.10. The number of benzene rings is 2. The van der Waals surface area contributed by atoms with Gasteiger partial charge in [-0.1, -0.05) is 12.1 Å². The molecule has 0 aliphatic carbocycles. The summed E-state index contributed by atoms with van der Waals surface area (Å²) in [4.78, 5) is 9.86. The normalized spacial score (nSPS) is 10.3. The zero-order valence-electron chi connectivity index (χ0n) is 10.1. The maximum Gasteiger partial charge on any atom is 0.306 e. The average molecular weight is 341 g/mol. The van der Waals surface area contributed by atoms with Crippen LogP contribution >= 0.6 is 15.9 Å². The van der Waals surface area contributed by atoms with Gasteiger partial charge in [0.25, 0.3) is 0 Å². The van der Waals surface area contributed by atoms with Crippen molar-refractivity contribution < 1.29 is 14.4 Å². The summed E-state index contributed by atoms with van der Waals surface area (Å²) in [5.74, 6) is -0.789. The zero-order chi connectivity index (χ0) is 14.7. The van der Waals surface area contributed by atoms with Gasteiger partial charge in [0, 0.05) is 23.9 Å². The lowest BCUT2D eigenvalue weighted by molar-refractivity contribution is -0.387. The monoisotopic (exact) mass is 340 g/mol. The van der Waals surface area contributed by atoms with Gasteiger partial charge in [0.05, 0.1) is 9.40 Å². The van der Waals surface area contributed by atoms with E-state index in [0.29, 0.717) is 15.7 Å². The van der Waals surface area contributed by atoms with Crippen LogP contribution in [-0.2, 0) is 6.54 Å². The van der Waals surface area contributed by atoms with E-state index in [-0.39, 0.29) is 12.3 Å². The maximum absolute atomic E-state index is 13.2. The Morgan fingerprint density at radius 1 is 1.35 bits per heavy atom. The first-order chi connectivity index (χ1) is 9.49. The lowest BCUT2D eigenvalue weighted by Gasteiger charge is -2.09. The van der Waals surface area contributed by atoms with Crippen LogP contribution in [0.2, 0.25) is 0 Å². The molecule has 7 heteroatoms. The van der Waals surface area contributed by atoms with Crippen molar-refractivity contribution >= 4 is 27.3 Å². The number of nitrogens with one attached hydrogen (secondary N) is 1. The average Bonchev–Trinajstić information content (AvgIpc) is 2.41.